The molecule has 132 valence electrons. The van der Waals surface area contributed by atoms with E-state index in [1.54, 1.807) is 0 Å². The third kappa shape index (κ3) is 3.65. The van der Waals surface area contributed by atoms with Crippen LogP contribution in [0.5, 0.6) is 0 Å². The van der Waals surface area contributed by atoms with Crippen molar-refractivity contribution in [2.75, 3.05) is 19.6 Å². The molecule has 1 aromatic rings. The van der Waals surface area contributed by atoms with Crippen molar-refractivity contribution in [2.45, 2.75) is 63.6 Å². The Labute approximate surface area is 145 Å². The maximum absolute atomic E-state index is 12.7. The molecule has 4 heteroatoms. The number of aliphatic hydroxyl groups is 1. The molecule has 1 amide bonds. The molecule has 2 aliphatic heterocycles. The smallest absolute Gasteiger partial charge is 0.237 e. The number of benzene rings is 1. The van der Waals surface area contributed by atoms with Gasteiger partial charge in [-0.25, -0.2) is 0 Å². The Morgan fingerprint density at radius 1 is 1.12 bits per heavy atom. The van der Waals surface area contributed by atoms with E-state index in [-0.39, 0.29) is 5.91 Å². The van der Waals surface area contributed by atoms with Crippen LogP contribution >= 0.6 is 0 Å². The van der Waals surface area contributed by atoms with E-state index >= 15 is 0 Å². The summed E-state index contributed by atoms with van der Waals surface area (Å²) < 4.78 is 0. The summed E-state index contributed by atoms with van der Waals surface area (Å²) in [6.07, 6.45) is 4.83. The Kier molecular flexibility index (Phi) is 5.26. The maximum atomic E-state index is 12.7. The molecular weight excluding hydrogens is 300 g/mol. The van der Waals surface area contributed by atoms with Gasteiger partial charge in [-0.05, 0) is 51.5 Å². The lowest BCUT2D eigenvalue weighted by atomic mass is 9.84. The first-order valence-corrected chi connectivity index (χ1v) is 9.31. The molecule has 3 rings (SSSR count). The van der Waals surface area contributed by atoms with E-state index in [9.17, 15) is 9.90 Å². The van der Waals surface area contributed by atoms with Crippen molar-refractivity contribution in [3.8, 4) is 0 Å². The first kappa shape index (κ1) is 17.4. The molecule has 2 heterocycles. The largest absolute Gasteiger partial charge is 0.385 e. The average molecular weight is 330 g/mol. The summed E-state index contributed by atoms with van der Waals surface area (Å²) in [6, 6.07) is 10.6. The highest BCUT2D eigenvalue weighted by Crippen LogP contribution is 2.32. The third-order valence-corrected chi connectivity index (χ3v) is 5.83. The number of piperidine rings is 2. The summed E-state index contributed by atoms with van der Waals surface area (Å²) in [5.41, 5.74) is 0.251. The molecule has 2 saturated heterocycles. The number of amides is 1. The van der Waals surface area contributed by atoms with Crippen LogP contribution in [0.3, 0.4) is 0 Å². The van der Waals surface area contributed by atoms with E-state index in [1.807, 2.05) is 30.3 Å². The van der Waals surface area contributed by atoms with Crippen LogP contribution in [0.4, 0.5) is 0 Å². The summed E-state index contributed by atoms with van der Waals surface area (Å²) in [6.45, 7) is 6.36. The van der Waals surface area contributed by atoms with E-state index < -0.39 is 5.60 Å². The molecule has 2 fully saturated rings. The fourth-order valence-electron chi connectivity index (χ4n) is 4.30. The third-order valence-electron chi connectivity index (χ3n) is 5.83. The van der Waals surface area contributed by atoms with Gasteiger partial charge in [-0.1, -0.05) is 30.3 Å². The fourth-order valence-corrected chi connectivity index (χ4v) is 4.30. The molecule has 0 aromatic heterocycles. The van der Waals surface area contributed by atoms with Crippen LogP contribution in [-0.2, 0) is 10.4 Å². The van der Waals surface area contributed by atoms with E-state index in [4.69, 9.17) is 0 Å². The second-order valence-corrected chi connectivity index (χ2v) is 7.60. The van der Waals surface area contributed by atoms with Gasteiger partial charge in [0.2, 0.25) is 5.91 Å². The number of carbonyl (C=O) groups is 1. The van der Waals surface area contributed by atoms with Gasteiger partial charge in [0.05, 0.1) is 12.1 Å². The van der Waals surface area contributed by atoms with Crippen LogP contribution in [0, 0.1) is 0 Å². The molecule has 0 radical (unpaired) electrons. The summed E-state index contributed by atoms with van der Waals surface area (Å²) in [7, 11) is 0. The van der Waals surface area contributed by atoms with Crippen LogP contribution < -0.4 is 0 Å². The Balaban J connectivity index is 1.56. The molecule has 2 aliphatic rings. The van der Waals surface area contributed by atoms with Crippen molar-refractivity contribution in [2.24, 2.45) is 0 Å². The Morgan fingerprint density at radius 3 is 2.29 bits per heavy atom. The molecule has 1 N–H and O–H groups in total. The Hall–Kier alpha value is -1.39. The van der Waals surface area contributed by atoms with Gasteiger partial charge in [0.1, 0.15) is 0 Å². The number of hydrogen-bond donors (Lipinski definition) is 1. The highest BCUT2D eigenvalue weighted by molar-refractivity contribution is 5.79. The summed E-state index contributed by atoms with van der Waals surface area (Å²) in [4.78, 5) is 17.0. The van der Waals surface area contributed by atoms with E-state index in [0.717, 1.165) is 31.5 Å². The normalized spacial score (nSPS) is 27.9. The minimum absolute atomic E-state index is 0.250. The predicted octanol–water partition coefficient (Wildman–Crippen LogP) is 2.76. The lowest BCUT2D eigenvalue weighted by Gasteiger charge is -2.42. The zero-order chi connectivity index (χ0) is 17.2. The zero-order valence-electron chi connectivity index (χ0n) is 14.9. The van der Waals surface area contributed by atoms with Crippen molar-refractivity contribution in [3.05, 3.63) is 35.9 Å². The number of hydrogen-bond acceptors (Lipinski definition) is 3. The van der Waals surface area contributed by atoms with Crippen molar-refractivity contribution in [3.63, 3.8) is 0 Å². The SMILES string of the molecule is CC1CCCC(C)N1C(=O)CN1CCC(O)(c2ccccc2)CC1. The number of rotatable bonds is 3. The number of nitrogens with zero attached hydrogens (tertiary/aromatic N) is 2. The standard InChI is InChI=1S/C20H30N2O2/c1-16-7-6-8-17(2)22(16)19(23)15-21-13-11-20(24,12-14-21)18-9-4-3-5-10-18/h3-5,9-10,16-17,24H,6-8,11-15H2,1-2H3. The predicted molar refractivity (Wildman–Crippen MR) is 95.6 cm³/mol. The molecule has 0 aliphatic carbocycles. The minimum Gasteiger partial charge on any atom is -0.385 e. The molecule has 0 saturated carbocycles. The second-order valence-electron chi connectivity index (χ2n) is 7.60. The minimum atomic E-state index is -0.744. The quantitative estimate of drug-likeness (QED) is 0.927. The molecule has 24 heavy (non-hydrogen) atoms. The van der Waals surface area contributed by atoms with Crippen LogP contribution in [0.15, 0.2) is 30.3 Å². The van der Waals surface area contributed by atoms with Crippen molar-refractivity contribution >= 4 is 5.91 Å². The van der Waals surface area contributed by atoms with Crippen molar-refractivity contribution in [1.29, 1.82) is 0 Å². The number of carbonyl (C=O) groups excluding carboxylic acids is 1. The first-order valence-electron chi connectivity index (χ1n) is 9.31. The molecule has 1 aromatic carbocycles. The molecule has 2 atom stereocenters. The molecule has 4 nitrogen and oxygen atoms in total. The molecule has 2 unspecified atom stereocenters. The fraction of sp³-hybridized carbons (Fsp3) is 0.650. The number of likely N-dealkylation sites (tertiary alicyclic amines) is 2. The van der Waals surface area contributed by atoms with Gasteiger partial charge in [-0.3, -0.25) is 9.69 Å². The second kappa shape index (κ2) is 7.24. The van der Waals surface area contributed by atoms with Crippen molar-refractivity contribution in [1.82, 2.24) is 9.80 Å². The van der Waals surface area contributed by atoms with Crippen LogP contribution in [0.1, 0.15) is 51.5 Å². The topological polar surface area (TPSA) is 43.8 Å². The van der Waals surface area contributed by atoms with Crippen molar-refractivity contribution < 1.29 is 9.90 Å². The molecule has 0 bridgehead atoms. The monoisotopic (exact) mass is 330 g/mol. The lowest BCUT2D eigenvalue weighted by molar-refractivity contribution is -0.139. The highest BCUT2D eigenvalue weighted by atomic mass is 16.3. The lowest BCUT2D eigenvalue weighted by Crippen LogP contribution is -2.52. The van der Waals surface area contributed by atoms with E-state index in [1.165, 1.54) is 6.42 Å². The first-order chi connectivity index (χ1) is 11.5. The summed E-state index contributed by atoms with van der Waals surface area (Å²) >= 11 is 0. The van der Waals surface area contributed by atoms with Gasteiger partial charge in [0.25, 0.3) is 0 Å². The Bertz CT molecular complexity index is 542. The van der Waals surface area contributed by atoms with Crippen LogP contribution in [0.25, 0.3) is 0 Å². The van der Waals surface area contributed by atoms with Gasteiger partial charge >= 0.3 is 0 Å². The van der Waals surface area contributed by atoms with Crippen LogP contribution in [0.2, 0.25) is 0 Å². The Morgan fingerprint density at radius 2 is 1.71 bits per heavy atom. The summed E-state index contributed by atoms with van der Waals surface area (Å²) in [5, 5.41) is 10.9. The zero-order valence-corrected chi connectivity index (χ0v) is 14.9. The van der Waals surface area contributed by atoms with Gasteiger partial charge in [-0.2, -0.15) is 0 Å². The van der Waals surface area contributed by atoms with E-state index in [2.05, 4.69) is 23.6 Å². The van der Waals surface area contributed by atoms with Crippen LogP contribution in [-0.4, -0.2) is 52.5 Å². The molecule has 0 spiro atoms. The summed E-state index contributed by atoms with van der Waals surface area (Å²) in [5.74, 6) is 0.250. The van der Waals surface area contributed by atoms with Gasteiger partial charge in [0.15, 0.2) is 0 Å². The van der Waals surface area contributed by atoms with Gasteiger partial charge in [0, 0.05) is 25.2 Å². The maximum Gasteiger partial charge on any atom is 0.237 e. The molecular formula is C20H30N2O2. The van der Waals surface area contributed by atoms with E-state index in [0.29, 0.717) is 31.5 Å². The highest BCUT2D eigenvalue weighted by Gasteiger charge is 2.36. The van der Waals surface area contributed by atoms with Gasteiger partial charge < -0.3 is 10.0 Å². The van der Waals surface area contributed by atoms with Gasteiger partial charge in [-0.15, -0.1) is 0 Å². The average Bonchev–Trinajstić information content (AvgIpc) is 2.58.